The number of nitrogen functional groups attached to an aromatic ring is 1. The summed E-state index contributed by atoms with van der Waals surface area (Å²) in [4.78, 5) is 20.8. The van der Waals surface area contributed by atoms with E-state index in [-0.39, 0.29) is 12.2 Å². The van der Waals surface area contributed by atoms with Crippen LogP contribution in [-0.2, 0) is 30.2 Å². The van der Waals surface area contributed by atoms with E-state index in [1.807, 2.05) is 16.7 Å². The lowest BCUT2D eigenvalue weighted by Crippen LogP contribution is -2.14. The lowest BCUT2D eigenvalue weighted by molar-refractivity contribution is -0.142. The zero-order valence-corrected chi connectivity index (χ0v) is 16.6. The van der Waals surface area contributed by atoms with Gasteiger partial charge in [0, 0.05) is 23.1 Å². The molecule has 0 aliphatic heterocycles. The summed E-state index contributed by atoms with van der Waals surface area (Å²) in [6.07, 6.45) is -0.649. The molecular formula is C21H17F3N6O2. The number of hydrogen-bond donors (Lipinski definition) is 2. The van der Waals surface area contributed by atoms with E-state index in [4.69, 9.17) is 5.73 Å². The summed E-state index contributed by atoms with van der Waals surface area (Å²) in [6, 6.07) is 7.79. The van der Waals surface area contributed by atoms with Crippen LogP contribution in [0.25, 0.3) is 16.7 Å². The molecule has 1 aliphatic rings. The zero-order chi connectivity index (χ0) is 22.5. The Morgan fingerprint density at radius 2 is 1.97 bits per heavy atom. The van der Waals surface area contributed by atoms with Crippen LogP contribution in [-0.4, -0.2) is 25.6 Å². The molecule has 0 bridgehead atoms. The number of aryl methyl sites for hydroxylation is 1. The van der Waals surface area contributed by atoms with E-state index in [2.05, 4.69) is 25.0 Å². The number of nitrogens with two attached hydrogens (primary N) is 1. The van der Waals surface area contributed by atoms with Crippen LogP contribution in [0.4, 0.5) is 24.7 Å². The first-order chi connectivity index (χ1) is 15.3. The number of amides is 1. The van der Waals surface area contributed by atoms with Crippen molar-refractivity contribution < 1.29 is 22.5 Å². The summed E-state index contributed by atoms with van der Waals surface area (Å²) in [6.45, 7) is 0. The van der Waals surface area contributed by atoms with Crippen molar-refractivity contribution in [3.8, 4) is 5.69 Å². The third-order valence-electron chi connectivity index (χ3n) is 5.41. The first-order valence-corrected chi connectivity index (χ1v) is 9.87. The Morgan fingerprint density at radius 3 is 2.69 bits per heavy atom. The van der Waals surface area contributed by atoms with Gasteiger partial charge in [0.05, 0.1) is 11.9 Å². The van der Waals surface area contributed by atoms with Gasteiger partial charge in [-0.25, -0.2) is 9.97 Å². The molecule has 0 fully saturated rings. The second kappa shape index (κ2) is 7.36. The number of benzene rings is 1. The maximum absolute atomic E-state index is 12.6. The Morgan fingerprint density at radius 1 is 1.19 bits per heavy atom. The monoisotopic (exact) mass is 442 g/mol. The first-order valence-electron chi connectivity index (χ1n) is 9.87. The summed E-state index contributed by atoms with van der Waals surface area (Å²) in [7, 11) is 0. The second-order valence-electron chi connectivity index (χ2n) is 7.52. The fourth-order valence-electron chi connectivity index (χ4n) is 4.07. The van der Waals surface area contributed by atoms with E-state index in [0.29, 0.717) is 17.6 Å². The topological polar surface area (TPSA) is 112 Å². The third kappa shape index (κ3) is 3.45. The number of anilines is 2. The van der Waals surface area contributed by atoms with E-state index in [1.165, 1.54) is 11.9 Å². The molecule has 3 N–H and O–H groups in total. The average Bonchev–Trinajstić information content (AvgIpc) is 3.45. The Bertz CT molecular complexity index is 1320. The summed E-state index contributed by atoms with van der Waals surface area (Å²) in [5.74, 6) is -0.295. The molecule has 1 aromatic carbocycles. The molecular weight excluding hydrogens is 425 g/mol. The van der Waals surface area contributed by atoms with Gasteiger partial charge in [-0.05, 0) is 49.1 Å². The van der Waals surface area contributed by atoms with Gasteiger partial charge in [-0.2, -0.15) is 13.2 Å². The number of nitrogens with zero attached hydrogens (tertiary/aromatic N) is 4. The molecule has 8 nitrogen and oxygen atoms in total. The van der Waals surface area contributed by atoms with Crippen LogP contribution in [0.2, 0.25) is 0 Å². The largest absolute Gasteiger partial charge is 0.436 e. The minimum absolute atomic E-state index is 0.170. The van der Waals surface area contributed by atoms with E-state index in [9.17, 15) is 18.0 Å². The summed E-state index contributed by atoms with van der Waals surface area (Å²) in [5.41, 5.74) is 10.3. The van der Waals surface area contributed by atoms with Gasteiger partial charge in [-0.3, -0.25) is 4.79 Å². The quantitative estimate of drug-likeness (QED) is 0.499. The molecule has 3 aromatic heterocycles. The molecule has 3 heterocycles. The minimum Gasteiger partial charge on any atom is -0.382 e. The van der Waals surface area contributed by atoms with E-state index in [1.54, 1.807) is 12.1 Å². The highest BCUT2D eigenvalue weighted by Crippen LogP contribution is 2.36. The molecule has 0 atom stereocenters. The summed E-state index contributed by atoms with van der Waals surface area (Å²) in [5, 5.41) is 5.59. The number of halogens is 3. The molecule has 32 heavy (non-hydrogen) atoms. The van der Waals surface area contributed by atoms with Gasteiger partial charge in [0.15, 0.2) is 11.5 Å². The third-order valence-corrected chi connectivity index (χ3v) is 5.41. The number of carbonyl (C=O) groups is 1. The number of hydrogen-bond acceptors (Lipinski definition) is 6. The molecule has 0 radical (unpaired) electrons. The molecule has 0 saturated carbocycles. The average molecular weight is 442 g/mol. The van der Waals surface area contributed by atoms with Gasteiger partial charge in [0.25, 0.3) is 0 Å². The molecule has 11 heteroatoms. The number of nitrogens with one attached hydrogen (secondary N) is 1. The van der Waals surface area contributed by atoms with Crippen LogP contribution in [0.15, 0.2) is 41.2 Å². The molecule has 1 aliphatic carbocycles. The molecule has 5 rings (SSSR count). The molecule has 0 saturated heterocycles. The standard InChI is InChI=1S/C21H17F3N6O2/c22-21(23,24)16-8-13(32-29-16)9-17(31)28-11-4-6-12(7-5-11)30-15-3-1-2-14(15)18-19(30)20(25)27-10-26-18/h4-8,10H,1-3,9H2,(H,28,31)(H2,25,26,27). The normalized spacial score (nSPS) is 13.5. The first kappa shape index (κ1) is 20.0. The van der Waals surface area contributed by atoms with Crippen molar-refractivity contribution in [2.24, 2.45) is 0 Å². The lowest BCUT2D eigenvalue weighted by Gasteiger charge is -2.11. The zero-order valence-electron chi connectivity index (χ0n) is 16.6. The lowest BCUT2D eigenvalue weighted by atomic mass is 10.2. The van der Waals surface area contributed by atoms with Gasteiger partial charge in [0.2, 0.25) is 5.91 Å². The Labute approximate surface area is 179 Å². The predicted octanol–water partition coefficient (Wildman–Crippen LogP) is 3.68. The summed E-state index contributed by atoms with van der Waals surface area (Å²) < 4.78 is 44.5. The molecule has 1 amide bonds. The number of fused-ring (bicyclic) bond motifs is 3. The maximum atomic E-state index is 12.6. The number of aromatic nitrogens is 4. The van der Waals surface area contributed by atoms with E-state index in [0.717, 1.165) is 41.7 Å². The Hall–Kier alpha value is -3.89. The van der Waals surface area contributed by atoms with Crippen LogP contribution in [0, 0.1) is 0 Å². The van der Waals surface area contributed by atoms with Crippen LogP contribution in [0.1, 0.15) is 29.1 Å². The summed E-state index contributed by atoms with van der Waals surface area (Å²) >= 11 is 0. The second-order valence-corrected chi connectivity index (χ2v) is 7.52. The van der Waals surface area contributed by atoms with Crippen molar-refractivity contribution in [1.29, 1.82) is 0 Å². The molecule has 0 unspecified atom stereocenters. The minimum atomic E-state index is -4.62. The number of rotatable bonds is 4. The fraction of sp³-hybridized carbons (Fsp3) is 0.238. The van der Waals surface area contributed by atoms with Crippen LogP contribution in [0.5, 0.6) is 0 Å². The van der Waals surface area contributed by atoms with Gasteiger partial charge >= 0.3 is 6.18 Å². The van der Waals surface area contributed by atoms with Crippen molar-refractivity contribution in [2.45, 2.75) is 31.9 Å². The van der Waals surface area contributed by atoms with Gasteiger partial charge in [-0.1, -0.05) is 5.16 Å². The van der Waals surface area contributed by atoms with E-state index >= 15 is 0 Å². The van der Waals surface area contributed by atoms with Gasteiger partial charge in [0.1, 0.15) is 17.6 Å². The van der Waals surface area contributed by atoms with Crippen molar-refractivity contribution in [2.75, 3.05) is 11.1 Å². The Balaban J connectivity index is 1.37. The van der Waals surface area contributed by atoms with Crippen molar-refractivity contribution in [1.82, 2.24) is 19.7 Å². The van der Waals surface area contributed by atoms with E-state index < -0.39 is 17.8 Å². The Kier molecular flexibility index (Phi) is 4.61. The highest BCUT2D eigenvalue weighted by molar-refractivity contribution is 5.93. The van der Waals surface area contributed by atoms with Crippen LogP contribution < -0.4 is 11.1 Å². The molecule has 4 aromatic rings. The predicted molar refractivity (Wildman–Crippen MR) is 109 cm³/mol. The highest BCUT2D eigenvalue weighted by Gasteiger charge is 2.35. The smallest absolute Gasteiger partial charge is 0.382 e. The highest BCUT2D eigenvalue weighted by atomic mass is 19.4. The number of carbonyl (C=O) groups excluding carboxylic acids is 1. The molecule has 0 spiro atoms. The van der Waals surface area contributed by atoms with Crippen molar-refractivity contribution in [3.05, 3.63) is 59.4 Å². The maximum Gasteiger partial charge on any atom is 0.436 e. The van der Waals surface area contributed by atoms with Crippen molar-refractivity contribution in [3.63, 3.8) is 0 Å². The van der Waals surface area contributed by atoms with Gasteiger partial charge < -0.3 is 20.1 Å². The molecule has 164 valence electrons. The fourth-order valence-corrected chi connectivity index (χ4v) is 4.07. The number of alkyl halides is 3. The van der Waals surface area contributed by atoms with Crippen LogP contribution in [0.3, 0.4) is 0 Å². The van der Waals surface area contributed by atoms with Crippen molar-refractivity contribution >= 4 is 28.4 Å². The van der Waals surface area contributed by atoms with Crippen LogP contribution >= 0.6 is 0 Å². The SMILES string of the molecule is Nc1ncnc2c3c(n(-c4ccc(NC(=O)Cc5cc(C(F)(F)F)no5)cc4)c12)CCC3. The van der Waals surface area contributed by atoms with Gasteiger partial charge in [-0.15, -0.1) is 0 Å².